The summed E-state index contributed by atoms with van der Waals surface area (Å²) in [4.78, 5) is 35.2. The van der Waals surface area contributed by atoms with Crippen molar-refractivity contribution >= 4 is 26.0 Å². The van der Waals surface area contributed by atoms with E-state index in [9.17, 15) is 29.2 Å². The number of furan rings is 1. The van der Waals surface area contributed by atoms with Crippen LogP contribution in [-0.4, -0.2) is 62.5 Å². The van der Waals surface area contributed by atoms with E-state index in [-0.39, 0.29) is 25.4 Å². The lowest BCUT2D eigenvalue weighted by Gasteiger charge is -2.27. The highest BCUT2D eigenvalue weighted by Gasteiger charge is 2.37. The van der Waals surface area contributed by atoms with Crippen LogP contribution in [0.4, 0.5) is 10.3 Å². The molecule has 3 heterocycles. The average Bonchev–Trinajstić information content (AvgIpc) is 3.43. The third kappa shape index (κ3) is 7.40. The van der Waals surface area contributed by atoms with Gasteiger partial charge in [0.05, 0.1) is 25.0 Å². The van der Waals surface area contributed by atoms with E-state index in [0.29, 0.717) is 12.4 Å². The van der Waals surface area contributed by atoms with Crippen molar-refractivity contribution in [3.63, 3.8) is 0 Å². The van der Waals surface area contributed by atoms with Crippen molar-refractivity contribution in [3.8, 4) is 0 Å². The topological polar surface area (TPSA) is 162 Å². The number of aliphatic hydroxyl groups is 1. The van der Waals surface area contributed by atoms with E-state index in [0.717, 1.165) is 23.6 Å². The number of rotatable bonds is 13. The maximum atomic E-state index is 13.6. The van der Waals surface area contributed by atoms with Gasteiger partial charge < -0.3 is 23.3 Å². The number of aliphatic hydroxyl groups excluding tert-OH is 1. The third-order valence-electron chi connectivity index (χ3n) is 5.08. The van der Waals surface area contributed by atoms with Crippen LogP contribution >= 0.6 is 20.1 Å². The minimum absolute atomic E-state index is 0.0280. The number of halogens is 2. The zero-order valence-corrected chi connectivity index (χ0v) is 20.3. The lowest BCUT2D eigenvalue weighted by Crippen LogP contribution is -2.34. The van der Waals surface area contributed by atoms with Crippen LogP contribution in [-0.2, 0) is 20.4 Å². The Hall–Kier alpha value is -2.19. The molecule has 1 aliphatic heterocycles. The Morgan fingerprint density at radius 1 is 1.40 bits per heavy atom. The van der Waals surface area contributed by atoms with E-state index in [2.05, 4.69) is 0 Å². The van der Waals surface area contributed by atoms with Gasteiger partial charge in [-0.3, -0.25) is 24.5 Å². The Labute approximate surface area is 204 Å². The molecule has 13 nitrogen and oxygen atoms in total. The predicted octanol–water partition coefficient (Wildman–Crippen LogP) is 2.24. The summed E-state index contributed by atoms with van der Waals surface area (Å²) >= 11 is 5.74. The number of unbranched alkanes of at least 4 members (excludes halogenated alkanes) is 1. The fourth-order valence-electron chi connectivity index (χ4n) is 3.26. The molecule has 2 aromatic rings. The molecule has 1 fully saturated rings. The molecule has 0 radical (unpaired) electrons. The van der Waals surface area contributed by atoms with Crippen LogP contribution in [0, 0.1) is 15.9 Å². The molecule has 1 aliphatic rings. The molecule has 2 N–H and O–H groups in total. The Balaban J connectivity index is 1.62. The summed E-state index contributed by atoms with van der Waals surface area (Å²) in [6.07, 6.45) is -0.664. The molecule has 2 aromatic heterocycles. The van der Waals surface area contributed by atoms with Gasteiger partial charge in [0.1, 0.15) is 29.6 Å². The Morgan fingerprint density at radius 3 is 2.86 bits per heavy atom. The Bertz CT molecular complexity index is 1110. The first-order chi connectivity index (χ1) is 16.7. The molecule has 0 bridgehead atoms. The lowest BCUT2D eigenvalue weighted by molar-refractivity contribution is -0.402. The minimum atomic E-state index is -1.69. The number of hydrogen-bond donors (Lipinski definition) is 2. The van der Waals surface area contributed by atoms with E-state index in [1.54, 1.807) is 11.7 Å². The van der Waals surface area contributed by atoms with Crippen LogP contribution in [0.5, 0.6) is 0 Å². The fraction of sp³-hybridized carbons (Fsp3) is 0.579. The van der Waals surface area contributed by atoms with E-state index in [4.69, 9.17) is 29.8 Å². The van der Waals surface area contributed by atoms with Gasteiger partial charge >= 0.3 is 11.6 Å². The molecule has 0 aliphatic carbocycles. The first kappa shape index (κ1) is 27.4. The second-order valence-corrected chi connectivity index (χ2v) is 9.71. The van der Waals surface area contributed by atoms with E-state index < -0.39 is 54.8 Å². The first-order valence-electron chi connectivity index (χ1n) is 10.6. The van der Waals surface area contributed by atoms with Crippen LogP contribution in [0.1, 0.15) is 31.3 Å². The first-order valence-corrected chi connectivity index (χ1v) is 12.3. The molecule has 1 unspecified atom stereocenters. The monoisotopic (exact) mass is 538 g/mol. The molecule has 194 valence electrons. The second-order valence-electron chi connectivity index (χ2n) is 7.66. The summed E-state index contributed by atoms with van der Waals surface area (Å²) in [5.41, 5.74) is -2.01. The number of H-pyrrole nitrogens is 1. The minimum Gasteiger partial charge on any atom is -0.403 e. The maximum Gasteiger partial charge on any atom is 0.433 e. The van der Waals surface area contributed by atoms with Gasteiger partial charge in [-0.2, -0.15) is 4.39 Å². The van der Waals surface area contributed by atoms with Gasteiger partial charge in [0.2, 0.25) is 5.82 Å². The van der Waals surface area contributed by atoms with Crippen LogP contribution < -0.4 is 11.2 Å². The van der Waals surface area contributed by atoms with Crippen molar-refractivity contribution in [1.82, 2.24) is 14.2 Å². The van der Waals surface area contributed by atoms with Gasteiger partial charge in [-0.05, 0) is 26.0 Å². The van der Waals surface area contributed by atoms with Gasteiger partial charge in [0.25, 0.3) is 14.1 Å². The molecule has 0 aromatic carbocycles. The highest BCUT2D eigenvalue weighted by molar-refractivity contribution is 7.44. The van der Waals surface area contributed by atoms with Crippen LogP contribution in [0.2, 0.25) is 0 Å². The molecule has 0 amide bonds. The summed E-state index contributed by atoms with van der Waals surface area (Å²) in [6.45, 7) is 0.365. The van der Waals surface area contributed by atoms with Crippen LogP contribution in [0.25, 0.3) is 0 Å². The van der Waals surface area contributed by atoms with Crippen molar-refractivity contribution in [2.24, 2.45) is 0 Å². The highest BCUT2D eigenvalue weighted by Crippen LogP contribution is 2.44. The summed E-state index contributed by atoms with van der Waals surface area (Å²) in [6, 6.07) is 2.64. The second kappa shape index (κ2) is 12.7. The summed E-state index contributed by atoms with van der Waals surface area (Å²) in [5.74, 6) is -0.834. The van der Waals surface area contributed by atoms with Gasteiger partial charge in [0, 0.05) is 18.8 Å². The zero-order chi connectivity index (χ0) is 25.5. The van der Waals surface area contributed by atoms with Crippen molar-refractivity contribution in [2.45, 2.75) is 44.3 Å². The average molecular weight is 539 g/mol. The molecule has 0 saturated carbocycles. The fourth-order valence-corrected chi connectivity index (χ4v) is 4.73. The van der Waals surface area contributed by atoms with E-state index in [1.165, 1.54) is 12.1 Å². The van der Waals surface area contributed by atoms with Crippen LogP contribution in [0.15, 0.2) is 32.3 Å². The number of nitrogens with zero attached hydrogens (tertiary/aromatic N) is 3. The standard InChI is InChI=1S/C19H25ClFN4O9P/c1-23(7-3-2-6-20)35(31-10-12-4-5-16(33-12)25(29)30)32-11-15-14(26)8-17(34-15)24-9-13(21)18(27)22-19(24)28/h4-5,9,14-15,17,26H,2-3,6-8,10-11H2,1H3,(H,22,27,28)/t14-,15+,17+,35?/m0/s1. The van der Waals surface area contributed by atoms with Crippen molar-refractivity contribution < 1.29 is 32.6 Å². The number of nitrogens with one attached hydrogen (secondary N) is 1. The summed E-state index contributed by atoms with van der Waals surface area (Å²) in [7, 11) is 0.0714. The smallest absolute Gasteiger partial charge is 0.403 e. The number of aromatic nitrogens is 2. The molecular weight excluding hydrogens is 514 g/mol. The molecular formula is C19H25ClFN4O9P. The lowest BCUT2D eigenvalue weighted by atomic mass is 10.2. The molecule has 1 saturated heterocycles. The Kier molecular flexibility index (Phi) is 9.92. The predicted molar refractivity (Wildman–Crippen MR) is 121 cm³/mol. The SMILES string of the molecule is CN(CCCCCl)P(OCc1ccc([N+](=O)[O-])o1)OC[C@H]1O[C@@H](n2cc(F)c(=O)[nH]c2=O)C[C@@H]1O. The number of aromatic amines is 1. The molecule has 35 heavy (non-hydrogen) atoms. The van der Waals surface area contributed by atoms with Crippen LogP contribution in [0.3, 0.4) is 0 Å². The van der Waals surface area contributed by atoms with Gasteiger partial charge in [-0.15, -0.1) is 11.6 Å². The molecule has 4 atom stereocenters. The van der Waals surface area contributed by atoms with E-state index in [1.807, 2.05) is 4.98 Å². The zero-order valence-electron chi connectivity index (χ0n) is 18.7. The van der Waals surface area contributed by atoms with E-state index >= 15 is 0 Å². The number of ether oxygens (including phenoxy) is 1. The van der Waals surface area contributed by atoms with Gasteiger partial charge in [-0.1, -0.05) is 0 Å². The molecule has 0 spiro atoms. The summed E-state index contributed by atoms with van der Waals surface area (Å²) < 4.78 is 38.8. The Morgan fingerprint density at radius 2 is 2.17 bits per heavy atom. The summed E-state index contributed by atoms with van der Waals surface area (Å²) in [5, 5.41) is 21.2. The third-order valence-corrected chi connectivity index (χ3v) is 6.82. The van der Waals surface area contributed by atoms with Gasteiger partial charge in [-0.25, -0.2) is 9.46 Å². The molecule has 16 heteroatoms. The van der Waals surface area contributed by atoms with Crippen molar-refractivity contribution in [1.29, 1.82) is 0 Å². The molecule has 3 rings (SSSR count). The number of hydrogen-bond acceptors (Lipinski definition) is 10. The van der Waals surface area contributed by atoms with Crippen molar-refractivity contribution in [3.05, 3.63) is 60.9 Å². The maximum absolute atomic E-state index is 13.6. The quantitative estimate of drug-likeness (QED) is 0.127. The highest BCUT2D eigenvalue weighted by atomic mass is 35.5. The van der Waals surface area contributed by atoms with Gasteiger partial charge in [0.15, 0.2) is 0 Å². The largest absolute Gasteiger partial charge is 0.433 e. The normalized spacial score (nSPS) is 21.0. The van der Waals surface area contributed by atoms with Crippen molar-refractivity contribution in [2.75, 3.05) is 26.1 Å². The number of nitro groups is 1. The number of alkyl halides is 1.